The van der Waals surface area contributed by atoms with Crippen LogP contribution in [0.25, 0.3) is 0 Å². The lowest BCUT2D eigenvalue weighted by Crippen LogP contribution is -2.61. The second-order valence-corrected chi connectivity index (χ2v) is 6.60. The molecular weight excluding hydrogens is 264 g/mol. The molecule has 1 rings (SSSR count). The fraction of sp³-hybridized carbons (Fsp3) is 0.941. The van der Waals surface area contributed by atoms with Crippen LogP contribution in [0.2, 0.25) is 0 Å². The number of hydrogen-bond acceptors (Lipinski definition) is 4. The highest BCUT2D eigenvalue weighted by atomic mass is 16.5. The number of nitrogens with zero attached hydrogens (tertiary/aromatic N) is 1. The van der Waals surface area contributed by atoms with E-state index in [2.05, 4.69) is 38.0 Å². The van der Waals surface area contributed by atoms with Gasteiger partial charge in [-0.15, -0.1) is 0 Å². The summed E-state index contributed by atoms with van der Waals surface area (Å²) in [6, 6.07) is 0. The third-order valence-corrected chi connectivity index (χ3v) is 4.44. The quantitative estimate of drug-likeness (QED) is 0.596. The molecule has 124 valence electrons. The Labute approximate surface area is 130 Å². The predicted molar refractivity (Wildman–Crippen MR) is 87.3 cm³/mol. The summed E-state index contributed by atoms with van der Waals surface area (Å²) in [4.78, 5) is 14.9. The molecule has 0 aromatic carbocycles. The van der Waals surface area contributed by atoms with Gasteiger partial charge >= 0.3 is 5.97 Å². The van der Waals surface area contributed by atoms with Gasteiger partial charge in [0.05, 0.1) is 6.61 Å². The molecule has 4 heteroatoms. The first-order valence-electron chi connectivity index (χ1n) is 8.60. The van der Waals surface area contributed by atoms with Crippen molar-refractivity contribution in [3.63, 3.8) is 0 Å². The number of carbonyl (C=O) groups is 1. The van der Waals surface area contributed by atoms with Crippen molar-refractivity contribution < 1.29 is 9.53 Å². The molecule has 0 aliphatic heterocycles. The molecule has 0 bridgehead atoms. The molecule has 1 saturated carbocycles. The van der Waals surface area contributed by atoms with E-state index < -0.39 is 5.54 Å². The summed E-state index contributed by atoms with van der Waals surface area (Å²) in [5.41, 5.74) is -0.506. The third-order valence-electron chi connectivity index (χ3n) is 4.44. The average molecular weight is 298 g/mol. The van der Waals surface area contributed by atoms with Crippen molar-refractivity contribution in [3.05, 3.63) is 0 Å². The number of esters is 1. The Morgan fingerprint density at radius 3 is 2.52 bits per heavy atom. The lowest BCUT2D eigenvalue weighted by atomic mass is 9.91. The first-order valence-corrected chi connectivity index (χ1v) is 8.60. The zero-order chi connectivity index (χ0) is 15.9. The molecule has 2 atom stereocenters. The molecule has 0 aromatic rings. The van der Waals surface area contributed by atoms with Crippen LogP contribution in [0, 0.1) is 11.8 Å². The van der Waals surface area contributed by atoms with Gasteiger partial charge in [0.15, 0.2) is 0 Å². The van der Waals surface area contributed by atoms with E-state index in [1.54, 1.807) is 0 Å². The Morgan fingerprint density at radius 1 is 1.38 bits per heavy atom. The van der Waals surface area contributed by atoms with Crippen LogP contribution in [-0.4, -0.2) is 49.7 Å². The zero-order valence-corrected chi connectivity index (χ0v) is 14.6. The Balaban J connectivity index is 2.80. The van der Waals surface area contributed by atoms with E-state index in [1.165, 1.54) is 6.42 Å². The summed E-state index contributed by atoms with van der Waals surface area (Å²) in [5.74, 6) is 1.03. The summed E-state index contributed by atoms with van der Waals surface area (Å²) in [5, 5.41) is 3.54. The Bertz CT molecular complexity index is 318. The van der Waals surface area contributed by atoms with Crippen LogP contribution < -0.4 is 5.32 Å². The van der Waals surface area contributed by atoms with E-state index in [-0.39, 0.29) is 5.97 Å². The molecule has 1 fully saturated rings. The van der Waals surface area contributed by atoms with E-state index >= 15 is 0 Å². The number of ether oxygens (including phenoxy) is 1. The molecule has 21 heavy (non-hydrogen) atoms. The first kappa shape index (κ1) is 18.4. The van der Waals surface area contributed by atoms with Crippen molar-refractivity contribution in [2.75, 3.05) is 33.3 Å². The predicted octanol–water partition coefficient (Wildman–Crippen LogP) is 2.68. The number of likely N-dealkylation sites (N-methyl/N-ethyl adjacent to an activating group) is 1. The minimum absolute atomic E-state index is 0.0584. The molecule has 0 heterocycles. The van der Waals surface area contributed by atoms with Crippen LogP contribution in [0.1, 0.15) is 53.4 Å². The molecule has 0 amide bonds. The second kappa shape index (κ2) is 8.74. The molecular formula is C17H34N2O2. The third kappa shape index (κ3) is 5.26. The Morgan fingerprint density at radius 2 is 2.05 bits per heavy atom. The minimum atomic E-state index is -0.506. The van der Waals surface area contributed by atoms with E-state index in [0.29, 0.717) is 18.4 Å². The van der Waals surface area contributed by atoms with Crippen molar-refractivity contribution >= 4 is 5.97 Å². The smallest absolute Gasteiger partial charge is 0.327 e. The van der Waals surface area contributed by atoms with Crippen LogP contribution in [0.4, 0.5) is 0 Å². The molecule has 1 N–H and O–H groups in total. The highest BCUT2D eigenvalue weighted by Gasteiger charge is 2.52. The molecule has 0 radical (unpaired) electrons. The molecule has 1 aliphatic carbocycles. The van der Waals surface area contributed by atoms with Gasteiger partial charge in [0.2, 0.25) is 0 Å². The van der Waals surface area contributed by atoms with Crippen molar-refractivity contribution in [2.24, 2.45) is 11.8 Å². The van der Waals surface area contributed by atoms with E-state index in [1.807, 2.05) is 6.92 Å². The van der Waals surface area contributed by atoms with Gasteiger partial charge in [-0.3, -0.25) is 0 Å². The van der Waals surface area contributed by atoms with Crippen LogP contribution in [0.5, 0.6) is 0 Å². The number of nitrogens with one attached hydrogen (secondary N) is 1. The lowest BCUT2D eigenvalue weighted by Gasteiger charge is -2.37. The van der Waals surface area contributed by atoms with Gasteiger partial charge in [-0.1, -0.05) is 27.2 Å². The Kier molecular flexibility index (Phi) is 7.67. The largest absolute Gasteiger partial charge is 0.465 e. The highest BCUT2D eigenvalue weighted by molar-refractivity contribution is 5.82. The number of rotatable bonds is 11. The summed E-state index contributed by atoms with van der Waals surface area (Å²) >= 11 is 0. The van der Waals surface area contributed by atoms with Crippen molar-refractivity contribution in [1.29, 1.82) is 0 Å². The van der Waals surface area contributed by atoms with Crippen molar-refractivity contribution in [1.82, 2.24) is 10.2 Å². The SMILES string of the molecule is CCCNC(CN(C)CC(C)CC)(C(=O)OCC)C1CC1. The van der Waals surface area contributed by atoms with Crippen molar-refractivity contribution in [3.8, 4) is 0 Å². The fourth-order valence-electron chi connectivity index (χ4n) is 2.97. The van der Waals surface area contributed by atoms with Crippen LogP contribution in [0.15, 0.2) is 0 Å². The second-order valence-electron chi connectivity index (χ2n) is 6.60. The summed E-state index contributed by atoms with van der Waals surface area (Å²) in [7, 11) is 2.12. The Hall–Kier alpha value is -0.610. The van der Waals surface area contributed by atoms with Gasteiger partial charge in [0.1, 0.15) is 5.54 Å². The van der Waals surface area contributed by atoms with Gasteiger partial charge in [-0.05, 0) is 51.6 Å². The molecule has 0 saturated heterocycles. The molecule has 1 aliphatic rings. The summed E-state index contributed by atoms with van der Waals surface area (Å²) in [6.45, 7) is 11.6. The number of carbonyl (C=O) groups excluding carboxylic acids is 1. The topological polar surface area (TPSA) is 41.6 Å². The summed E-state index contributed by atoms with van der Waals surface area (Å²) in [6.07, 6.45) is 4.46. The van der Waals surface area contributed by atoms with E-state index in [9.17, 15) is 4.79 Å². The van der Waals surface area contributed by atoms with Crippen LogP contribution >= 0.6 is 0 Å². The van der Waals surface area contributed by atoms with Gasteiger partial charge in [0.25, 0.3) is 0 Å². The van der Waals surface area contributed by atoms with Gasteiger partial charge in [-0.25, -0.2) is 4.79 Å². The molecule has 0 aromatic heterocycles. The lowest BCUT2D eigenvalue weighted by molar-refractivity contribution is -0.153. The number of hydrogen-bond donors (Lipinski definition) is 1. The monoisotopic (exact) mass is 298 g/mol. The fourth-order valence-corrected chi connectivity index (χ4v) is 2.97. The maximum atomic E-state index is 12.6. The van der Waals surface area contributed by atoms with Crippen LogP contribution in [0.3, 0.4) is 0 Å². The van der Waals surface area contributed by atoms with Crippen LogP contribution in [-0.2, 0) is 9.53 Å². The summed E-state index contributed by atoms with van der Waals surface area (Å²) < 4.78 is 5.41. The van der Waals surface area contributed by atoms with Gasteiger partial charge in [-0.2, -0.15) is 0 Å². The first-order chi connectivity index (χ1) is 10.00. The maximum absolute atomic E-state index is 12.6. The molecule has 4 nitrogen and oxygen atoms in total. The average Bonchev–Trinajstić information content (AvgIpc) is 3.28. The van der Waals surface area contributed by atoms with E-state index in [4.69, 9.17) is 4.74 Å². The normalized spacial score (nSPS) is 19.3. The molecule has 2 unspecified atom stereocenters. The van der Waals surface area contributed by atoms with Gasteiger partial charge < -0.3 is 15.0 Å². The van der Waals surface area contributed by atoms with E-state index in [0.717, 1.165) is 38.9 Å². The highest BCUT2D eigenvalue weighted by Crippen LogP contribution is 2.41. The molecule has 0 spiro atoms. The van der Waals surface area contributed by atoms with Gasteiger partial charge in [0, 0.05) is 13.1 Å². The minimum Gasteiger partial charge on any atom is -0.465 e. The zero-order valence-electron chi connectivity index (χ0n) is 14.6. The standard InChI is InChI=1S/C17H34N2O2/c1-6-11-18-17(15-9-10-15,16(20)21-8-3)13-19(5)12-14(4)7-2/h14-15,18H,6-13H2,1-5H3. The van der Waals surface area contributed by atoms with Crippen molar-refractivity contribution in [2.45, 2.75) is 58.9 Å². The maximum Gasteiger partial charge on any atom is 0.327 e.